The molecule has 1 aliphatic carbocycles. The van der Waals surface area contributed by atoms with Crippen LogP contribution >= 0.6 is 11.8 Å². The van der Waals surface area contributed by atoms with E-state index >= 15 is 0 Å². The van der Waals surface area contributed by atoms with Gasteiger partial charge in [0.25, 0.3) is 0 Å². The van der Waals surface area contributed by atoms with Crippen LogP contribution < -0.4 is 11.0 Å². The predicted octanol–water partition coefficient (Wildman–Crippen LogP) is 1.01. The highest BCUT2D eigenvalue weighted by Crippen LogP contribution is 2.29. The molecule has 2 aromatic heterocycles. The van der Waals surface area contributed by atoms with E-state index in [1.165, 1.54) is 11.8 Å². The van der Waals surface area contributed by atoms with E-state index < -0.39 is 0 Å². The van der Waals surface area contributed by atoms with Crippen molar-refractivity contribution in [3.8, 4) is 0 Å². The number of fused-ring (bicyclic) bond motifs is 1. The van der Waals surface area contributed by atoms with E-state index in [1.807, 2.05) is 18.2 Å². The summed E-state index contributed by atoms with van der Waals surface area (Å²) in [4.78, 5) is 32.4. The maximum atomic E-state index is 12.4. The first-order valence-corrected chi connectivity index (χ1v) is 8.53. The van der Waals surface area contributed by atoms with E-state index in [2.05, 4.69) is 15.3 Å². The number of aromatic nitrogens is 3. The highest BCUT2D eigenvalue weighted by Gasteiger charge is 2.22. The van der Waals surface area contributed by atoms with Crippen LogP contribution in [0.5, 0.6) is 0 Å². The van der Waals surface area contributed by atoms with Gasteiger partial charge < -0.3 is 5.32 Å². The molecule has 0 bridgehead atoms. The van der Waals surface area contributed by atoms with Crippen LogP contribution in [-0.2, 0) is 24.2 Å². The molecule has 3 rings (SSSR count). The molecule has 0 saturated carbocycles. The summed E-state index contributed by atoms with van der Waals surface area (Å²) in [5, 5.41) is 3.28. The first-order valence-electron chi connectivity index (χ1n) is 7.55. The molecule has 2 aromatic rings. The molecule has 0 fully saturated rings. The van der Waals surface area contributed by atoms with Gasteiger partial charge in [0.15, 0.2) is 0 Å². The number of carbonyl (C=O) groups excluding carboxylic acids is 1. The van der Waals surface area contributed by atoms with Gasteiger partial charge in [-0.15, -0.1) is 0 Å². The normalized spacial score (nSPS) is 12.9. The van der Waals surface area contributed by atoms with Crippen molar-refractivity contribution in [3.05, 3.63) is 51.8 Å². The number of thioether (sulfide) groups is 1. The Kier molecular flexibility index (Phi) is 4.76. The fraction of sp³-hybridized carbons (Fsp3) is 0.375. The second kappa shape index (κ2) is 6.95. The molecule has 0 spiro atoms. The number of amides is 1. The summed E-state index contributed by atoms with van der Waals surface area (Å²) in [5.74, 6) is 0.209. The largest absolute Gasteiger partial charge is 0.358 e. The molecule has 0 aliphatic heterocycles. The van der Waals surface area contributed by atoms with Gasteiger partial charge in [0.05, 0.1) is 18.0 Å². The van der Waals surface area contributed by atoms with Crippen molar-refractivity contribution in [3.63, 3.8) is 0 Å². The molecule has 6 nitrogen and oxygen atoms in total. The van der Waals surface area contributed by atoms with Crippen molar-refractivity contribution in [2.24, 2.45) is 0 Å². The lowest BCUT2D eigenvalue weighted by atomic mass is 10.2. The SMILES string of the molecule is CNC(=O)CSc1nc(=O)n(Cc2ccccn2)c2c1CCC2. The van der Waals surface area contributed by atoms with Gasteiger partial charge in [0.2, 0.25) is 5.91 Å². The van der Waals surface area contributed by atoms with Gasteiger partial charge >= 0.3 is 5.69 Å². The Balaban J connectivity index is 1.92. The first kappa shape index (κ1) is 15.7. The van der Waals surface area contributed by atoms with Crippen molar-refractivity contribution in [1.29, 1.82) is 0 Å². The van der Waals surface area contributed by atoms with E-state index in [1.54, 1.807) is 17.8 Å². The summed E-state index contributed by atoms with van der Waals surface area (Å²) in [6.45, 7) is 0.440. The molecule has 0 unspecified atom stereocenters. The van der Waals surface area contributed by atoms with Crippen LogP contribution in [0.2, 0.25) is 0 Å². The molecule has 1 aliphatic rings. The molecule has 0 atom stereocenters. The van der Waals surface area contributed by atoms with Crippen molar-refractivity contribution >= 4 is 17.7 Å². The molecule has 7 heteroatoms. The number of nitrogens with one attached hydrogen (secondary N) is 1. The van der Waals surface area contributed by atoms with Crippen LogP contribution in [-0.4, -0.2) is 33.2 Å². The van der Waals surface area contributed by atoms with E-state index in [0.29, 0.717) is 11.6 Å². The minimum atomic E-state index is -0.268. The van der Waals surface area contributed by atoms with Crippen LogP contribution in [0.4, 0.5) is 0 Å². The van der Waals surface area contributed by atoms with Crippen LogP contribution in [0.15, 0.2) is 34.2 Å². The van der Waals surface area contributed by atoms with Crippen molar-refractivity contribution in [2.45, 2.75) is 30.8 Å². The predicted molar refractivity (Wildman–Crippen MR) is 88.7 cm³/mol. The average Bonchev–Trinajstić information content (AvgIpc) is 3.06. The summed E-state index contributed by atoms with van der Waals surface area (Å²) >= 11 is 1.34. The molecule has 23 heavy (non-hydrogen) atoms. The number of nitrogens with zero attached hydrogens (tertiary/aromatic N) is 3. The second-order valence-corrected chi connectivity index (χ2v) is 6.31. The van der Waals surface area contributed by atoms with Crippen LogP contribution in [0.3, 0.4) is 0 Å². The molecule has 0 saturated heterocycles. The van der Waals surface area contributed by atoms with Crippen molar-refractivity contribution in [2.75, 3.05) is 12.8 Å². The van der Waals surface area contributed by atoms with Crippen molar-refractivity contribution in [1.82, 2.24) is 19.9 Å². The molecule has 0 aromatic carbocycles. The number of hydrogen-bond acceptors (Lipinski definition) is 5. The highest BCUT2D eigenvalue weighted by atomic mass is 32.2. The topological polar surface area (TPSA) is 76.9 Å². The Labute approximate surface area is 138 Å². The standard InChI is InChI=1S/C16H18N4O2S/c1-17-14(21)10-23-15-12-6-4-7-13(12)20(16(22)19-15)9-11-5-2-3-8-18-11/h2-3,5,8H,4,6-7,9-10H2,1H3,(H,17,21). The number of rotatable bonds is 5. The molecule has 120 valence electrons. The molecular formula is C16H18N4O2S. The molecule has 1 N–H and O–H groups in total. The van der Waals surface area contributed by atoms with Gasteiger partial charge in [-0.1, -0.05) is 17.8 Å². The third-order valence-electron chi connectivity index (χ3n) is 3.87. The minimum Gasteiger partial charge on any atom is -0.358 e. The van der Waals surface area contributed by atoms with Crippen LogP contribution in [0.25, 0.3) is 0 Å². The first-order chi connectivity index (χ1) is 11.2. The van der Waals surface area contributed by atoms with E-state index in [-0.39, 0.29) is 17.3 Å². The average molecular weight is 330 g/mol. The van der Waals surface area contributed by atoms with Gasteiger partial charge in [0.1, 0.15) is 5.03 Å². The lowest BCUT2D eigenvalue weighted by molar-refractivity contribution is -0.118. The number of hydrogen-bond donors (Lipinski definition) is 1. The van der Waals surface area contributed by atoms with Gasteiger partial charge in [-0.2, -0.15) is 4.98 Å². The zero-order valence-electron chi connectivity index (χ0n) is 12.9. The lowest BCUT2D eigenvalue weighted by Gasteiger charge is -2.13. The maximum Gasteiger partial charge on any atom is 0.349 e. The Bertz CT molecular complexity index is 774. The van der Waals surface area contributed by atoms with Gasteiger partial charge in [-0.25, -0.2) is 4.79 Å². The Morgan fingerprint density at radius 3 is 3.00 bits per heavy atom. The van der Waals surface area contributed by atoms with Crippen LogP contribution in [0.1, 0.15) is 23.4 Å². The molecule has 1 amide bonds. The second-order valence-electron chi connectivity index (χ2n) is 5.35. The Hall–Kier alpha value is -2.15. The van der Waals surface area contributed by atoms with E-state index in [4.69, 9.17) is 0 Å². The summed E-state index contributed by atoms with van der Waals surface area (Å²) in [5.41, 5.74) is 2.72. The molecular weight excluding hydrogens is 312 g/mol. The number of carbonyl (C=O) groups is 1. The quantitative estimate of drug-likeness (QED) is 0.654. The maximum absolute atomic E-state index is 12.4. The monoisotopic (exact) mass is 330 g/mol. The fourth-order valence-corrected chi connectivity index (χ4v) is 3.68. The summed E-state index contributed by atoms with van der Waals surface area (Å²) < 4.78 is 1.72. The Morgan fingerprint density at radius 1 is 1.39 bits per heavy atom. The van der Waals surface area contributed by atoms with Gasteiger partial charge in [-0.3, -0.25) is 14.3 Å². The van der Waals surface area contributed by atoms with Gasteiger partial charge in [0, 0.05) is 24.5 Å². The summed E-state index contributed by atoms with van der Waals surface area (Å²) in [7, 11) is 1.60. The fourth-order valence-electron chi connectivity index (χ4n) is 2.73. The van der Waals surface area contributed by atoms with Crippen LogP contribution in [0, 0.1) is 0 Å². The minimum absolute atomic E-state index is 0.0683. The summed E-state index contributed by atoms with van der Waals surface area (Å²) in [6, 6.07) is 5.67. The highest BCUT2D eigenvalue weighted by molar-refractivity contribution is 7.99. The lowest BCUT2D eigenvalue weighted by Crippen LogP contribution is -2.28. The number of pyridine rings is 1. The molecule has 0 radical (unpaired) electrons. The zero-order valence-corrected chi connectivity index (χ0v) is 13.7. The van der Waals surface area contributed by atoms with Gasteiger partial charge in [-0.05, 0) is 31.4 Å². The summed E-state index contributed by atoms with van der Waals surface area (Å²) in [6.07, 6.45) is 4.51. The Morgan fingerprint density at radius 2 is 2.26 bits per heavy atom. The third-order valence-corrected chi connectivity index (χ3v) is 4.88. The third kappa shape index (κ3) is 3.44. The molecule has 2 heterocycles. The smallest absolute Gasteiger partial charge is 0.349 e. The van der Waals surface area contributed by atoms with E-state index in [0.717, 1.165) is 36.2 Å². The zero-order chi connectivity index (χ0) is 16.2. The van der Waals surface area contributed by atoms with Crippen molar-refractivity contribution < 1.29 is 4.79 Å². The van der Waals surface area contributed by atoms with E-state index in [9.17, 15) is 9.59 Å².